The average molecular weight is 473 g/mol. The summed E-state index contributed by atoms with van der Waals surface area (Å²) in [5.74, 6) is -3.25. The van der Waals surface area contributed by atoms with Crippen LogP contribution in [-0.4, -0.2) is 18.1 Å². The van der Waals surface area contributed by atoms with Crippen LogP contribution in [0.3, 0.4) is 0 Å². The van der Waals surface area contributed by atoms with E-state index in [-0.39, 0.29) is 29.3 Å². The molecule has 172 valence electrons. The minimum Gasteiger partial charge on any atom is -0.326 e. The van der Waals surface area contributed by atoms with Crippen molar-refractivity contribution in [2.24, 2.45) is 0 Å². The maximum Gasteiger partial charge on any atom is 0.234 e. The second-order valence-corrected chi connectivity index (χ2v) is 8.85. The summed E-state index contributed by atoms with van der Waals surface area (Å²) in [5, 5.41) is 4.95. The van der Waals surface area contributed by atoms with E-state index < -0.39 is 28.8 Å². The summed E-state index contributed by atoms with van der Waals surface area (Å²) < 4.78 is 42.1. The Morgan fingerprint density at radius 3 is 2.21 bits per heavy atom. The lowest BCUT2D eigenvalue weighted by Gasteiger charge is -2.25. The number of amides is 2. The highest BCUT2D eigenvalue weighted by molar-refractivity contribution is 7.98. The summed E-state index contributed by atoms with van der Waals surface area (Å²) in [7, 11) is 0. The van der Waals surface area contributed by atoms with Crippen molar-refractivity contribution in [1.29, 1.82) is 0 Å². The highest BCUT2D eigenvalue weighted by Crippen LogP contribution is 2.30. The Labute approximate surface area is 194 Å². The molecule has 0 bridgehead atoms. The van der Waals surface area contributed by atoms with Gasteiger partial charge in [-0.25, -0.2) is 13.2 Å². The normalized spacial score (nSPS) is 11.2. The number of thioether (sulfide) groups is 1. The molecule has 0 saturated heterocycles. The minimum atomic E-state index is -1.40. The van der Waals surface area contributed by atoms with E-state index in [0.717, 1.165) is 34.7 Å². The van der Waals surface area contributed by atoms with Gasteiger partial charge in [0.1, 0.15) is 17.5 Å². The Morgan fingerprint density at radius 2 is 1.58 bits per heavy atom. The fourth-order valence-corrected chi connectivity index (χ4v) is 3.64. The van der Waals surface area contributed by atoms with Crippen LogP contribution in [0.25, 0.3) is 0 Å². The highest BCUT2D eigenvalue weighted by Gasteiger charge is 2.33. The van der Waals surface area contributed by atoms with Gasteiger partial charge < -0.3 is 10.6 Å². The van der Waals surface area contributed by atoms with Crippen molar-refractivity contribution in [3.05, 3.63) is 89.2 Å². The molecule has 0 atom stereocenters. The number of hydrogen-bond acceptors (Lipinski definition) is 3. The van der Waals surface area contributed by atoms with Gasteiger partial charge in [0.25, 0.3) is 0 Å². The lowest BCUT2D eigenvalue weighted by atomic mass is 9.83. The first kappa shape index (κ1) is 24.4. The van der Waals surface area contributed by atoms with Gasteiger partial charge in [-0.3, -0.25) is 9.59 Å². The third kappa shape index (κ3) is 5.96. The number of benzene rings is 3. The van der Waals surface area contributed by atoms with Crippen LogP contribution >= 0.6 is 11.8 Å². The van der Waals surface area contributed by atoms with Crippen LogP contribution < -0.4 is 10.6 Å². The SMILES string of the molecule is CSc1ccc(CC(=O)Nc2ccc(C(C)(C)C(=O)Nc3cc(F)ccc3F)c(F)c2)cc1. The lowest BCUT2D eigenvalue weighted by molar-refractivity contribution is -0.120. The van der Waals surface area contributed by atoms with Gasteiger partial charge in [0, 0.05) is 22.2 Å². The van der Waals surface area contributed by atoms with Crippen molar-refractivity contribution in [1.82, 2.24) is 0 Å². The van der Waals surface area contributed by atoms with E-state index in [1.807, 2.05) is 30.5 Å². The molecule has 0 unspecified atom stereocenters. The third-order valence-electron chi connectivity index (χ3n) is 5.19. The molecule has 3 rings (SSSR count). The van der Waals surface area contributed by atoms with Gasteiger partial charge in [-0.15, -0.1) is 11.8 Å². The predicted molar refractivity (Wildman–Crippen MR) is 125 cm³/mol. The molecule has 0 radical (unpaired) electrons. The number of anilines is 2. The van der Waals surface area contributed by atoms with E-state index in [1.54, 1.807) is 11.8 Å². The van der Waals surface area contributed by atoms with Gasteiger partial charge in [0.05, 0.1) is 17.5 Å². The zero-order valence-corrected chi connectivity index (χ0v) is 19.2. The molecule has 4 nitrogen and oxygen atoms in total. The maximum absolute atomic E-state index is 14.9. The summed E-state index contributed by atoms with van der Waals surface area (Å²) in [6, 6.07) is 14.2. The van der Waals surface area contributed by atoms with E-state index in [4.69, 9.17) is 0 Å². The first-order valence-electron chi connectivity index (χ1n) is 10.1. The van der Waals surface area contributed by atoms with E-state index in [0.29, 0.717) is 0 Å². The van der Waals surface area contributed by atoms with E-state index >= 15 is 0 Å². The Kier molecular flexibility index (Phi) is 7.48. The Hall–Kier alpha value is -3.26. The Balaban J connectivity index is 1.70. The van der Waals surface area contributed by atoms with Gasteiger partial charge in [-0.2, -0.15) is 0 Å². The van der Waals surface area contributed by atoms with Crippen molar-refractivity contribution in [2.45, 2.75) is 30.6 Å². The molecule has 0 heterocycles. The predicted octanol–water partition coefficient (Wildman–Crippen LogP) is 5.92. The summed E-state index contributed by atoms with van der Waals surface area (Å²) in [6.07, 6.45) is 2.09. The van der Waals surface area contributed by atoms with Crippen molar-refractivity contribution in [3.63, 3.8) is 0 Å². The summed E-state index contributed by atoms with van der Waals surface area (Å²) in [4.78, 5) is 26.1. The molecule has 33 heavy (non-hydrogen) atoms. The number of rotatable bonds is 7. The first-order chi connectivity index (χ1) is 15.6. The van der Waals surface area contributed by atoms with Crippen LogP contribution in [0.15, 0.2) is 65.6 Å². The largest absolute Gasteiger partial charge is 0.326 e. The quantitative estimate of drug-likeness (QED) is 0.420. The van der Waals surface area contributed by atoms with Crippen molar-refractivity contribution >= 4 is 35.0 Å². The van der Waals surface area contributed by atoms with Gasteiger partial charge in [-0.05, 0) is 62.1 Å². The number of carbonyl (C=O) groups is 2. The summed E-state index contributed by atoms with van der Waals surface area (Å²) >= 11 is 1.60. The monoisotopic (exact) mass is 472 g/mol. The van der Waals surface area contributed by atoms with Gasteiger partial charge >= 0.3 is 0 Å². The standard InChI is InChI=1S/C25H23F3N2O2S/c1-25(2,24(32)30-22-13-16(26)6-11-20(22)27)19-10-7-17(14-21(19)28)29-23(31)12-15-4-8-18(33-3)9-5-15/h4-11,13-14H,12H2,1-3H3,(H,29,31)(H,30,32). The number of nitrogens with one attached hydrogen (secondary N) is 2. The molecule has 2 amide bonds. The zero-order chi connectivity index (χ0) is 24.2. The summed E-state index contributed by atoms with van der Waals surface area (Å²) in [6.45, 7) is 2.93. The number of hydrogen-bond donors (Lipinski definition) is 2. The van der Waals surface area contributed by atoms with Gasteiger partial charge in [0.2, 0.25) is 11.8 Å². The molecule has 2 N–H and O–H groups in total. The molecule has 0 aliphatic rings. The highest BCUT2D eigenvalue weighted by atomic mass is 32.2. The summed E-state index contributed by atoms with van der Waals surface area (Å²) in [5.41, 5.74) is -0.616. The molecule has 0 saturated carbocycles. The van der Waals surface area contributed by atoms with Crippen molar-refractivity contribution in [2.75, 3.05) is 16.9 Å². The smallest absolute Gasteiger partial charge is 0.234 e. The fourth-order valence-electron chi connectivity index (χ4n) is 3.23. The molecule has 3 aromatic rings. The van der Waals surface area contributed by atoms with E-state index in [1.165, 1.54) is 26.0 Å². The second kappa shape index (κ2) is 10.1. The second-order valence-electron chi connectivity index (χ2n) is 7.97. The average Bonchev–Trinajstić information content (AvgIpc) is 2.76. The minimum absolute atomic E-state index is 0.0439. The van der Waals surface area contributed by atoms with Crippen molar-refractivity contribution < 1.29 is 22.8 Å². The van der Waals surface area contributed by atoms with Crippen molar-refractivity contribution in [3.8, 4) is 0 Å². The molecule has 3 aromatic carbocycles. The molecule has 0 spiro atoms. The fraction of sp³-hybridized carbons (Fsp3) is 0.200. The van der Waals surface area contributed by atoms with Crippen LogP contribution in [-0.2, 0) is 21.4 Å². The van der Waals surface area contributed by atoms with E-state index in [2.05, 4.69) is 10.6 Å². The van der Waals surface area contributed by atoms with Crippen LogP contribution in [0, 0.1) is 17.5 Å². The van der Waals surface area contributed by atoms with E-state index in [9.17, 15) is 22.8 Å². The molecular formula is C25H23F3N2O2S. The number of carbonyl (C=O) groups excluding carboxylic acids is 2. The molecule has 0 aliphatic heterocycles. The van der Waals surface area contributed by atoms with Gasteiger partial charge in [-0.1, -0.05) is 18.2 Å². The zero-order valence-electron chi connectivity index (χ0n) is 18.3. The van der Waals surface area contributed by atoms with Crippen LogP contribution in [0.5, 0.6) is 0 Å². The Bertz CT molecular complexity index is 1180. The van der Waals surface area contributed by atoms with Crippen LogP contribution in [0.1, 0.15) is 25.0 Å². The first-order valence-corrected chi connectivity index (χ1v) is 11.3. The van der Waals surface area contributed by atoms with Gasteiger partial charge in [0.15, 0.2) is 0 Å². The lowest BCUT2D eigenvalue weighted by Crippen LogP contribution is -2.36. The third-order valence-corrected chi connectivity index (χ3v) is 5.94. The van der Waals surface area contributed by atoms with Crippen LogP contribution in [0.2, 0.25) is 0 Å². The molecule has 0 aromatic heterocycles. The number of halogens is 3. The Morgan fingerprint density at radius 1 is 0.879 bits per heavy atom. The maximum atomic E-state index is 14.9. The van der Waals surface area contributed by atoms with Crippen LogP contribution in [0.4, 0.5) is 24.5 Å². The molecule has 0 aliphatic carbocycles. The molecule has 0 fully saturated rings. The topological polar surface area (TPSA) is 58.2 Å². The molecule has 8 heteroatoms. The molecular weight excluding hydrogens is 449 g/mol.